The van der Waals surface area contributed by atoms with Crippen LogP contribution < -0.4 is 0 Å². The zero-order valence-electron chi connectivity index (χ0n) is 50.1. The van der Waals surface area contributed by atoms with Gasteiger partial charge in [-0.15, -0.1) is 0 Å². The quantitative estimate of drug-likeness (QED) is 0.0261. The number of ether oxygens (including phenoxy) is 3. The Morgan fingerprint density at radius 1 is 0.270 bits per heavy atom. The van der Waals surface area contributed by atoms with Gasteiger partial charge in [0.2, 0.25) is 0 Å². The average Bonchev–Trinajstić information content (AvgIpc) is 3.40. The summed E-state index contributed by atoms with van der Waals surface area (Å²) in [6.07, 6.45) is 76.4. The van der Waals surface area contributed by atoms with E-state index in [1.165, 1.54) is 250 Å². The summed E-state index contributed by atoms with van der Waals surface area (Å²) >= 11 is 0. The molecule has 0 spiro atoms. The molecular weight excluding hydrogens is 913 g/mol. The molecule has 0 aliphatic heterocycles. The Morgan fingerprint density at radius 2 is 0.514 bits per heavy atom. The molecule has 0 bridgehead atoms. The van der Waals surface area contributed by atoms with Crippen molar-refractivity contribution >= 4 is 17.9 Å². The molecule has 0 aromatic rings. The van der Waals surface area contributed by atoms with E-state index in [0.717, 1.165) is 83.5 Å². The maximum Gasteiger partial charge on any atom is 0.306 e. The highest BCUT2D eigenvalue weighted by molar-refractivity contribution is 5.71. The Labute approximate surface area is 462 Å². The first-order valence-electron chi connectivity index (χ1n) is 33.3. The molecule has 0 heterocycles. The SMILES string of the molecule is CCC/C=C\C/C=C\CCCCCCCC(=O)OCC(COC(=O)CCCCCCCCCCCCCCCCCCCCCCCCCCCCCCC)OC(=O)CCCCCCCCCCCCCCCC. The lowest BCUT2D eigenvalue weighted by atomic mass is 10.0. The second kappa shape index (κ2) is 63.4. The van der Waals surface area contributed by atoms with E-state index in [-0.39, 0.29) is 31.1 Å². The van der Waals surface area contributed by atoms with Crippen molar-refractivity contribution in [3.05, 3.63) is 24.3 Å². The molecule has 0 fully saturated rings. The van der Waals surface area contributed by atoms with Crippen LogP contribution in [0, 0.1) is 0 Å². The lowest BCUT2D eigenvalue weighted by molar-refractivity contribution is -0.167. The van der Waals surface area contributed by atoms with E-state index in [1.807, 2.05) is 0 Å². The Balaban J connectivity index is 4.11. The molecule has 0 aromatic carbocycles. The van der Waals surface area contributed by atoms with Crippen molar-refractivity contribution in [2.75, 3.05) is 13.2 Å². The normalized spacial score (nSPS) is 12.1. The first kappa shape index (κ1) is 71.9. The average molecular weight is 1040 g/mol. The van der Waals surface area contributed by atoms with E-state index in [9.17, 15) is 14.4 Å². The molecule has 6 heteroatoms. The Hall–Kier alpha value is -2.11. The third kappa shape index (κ3) is 60.8. The molecule has 0 aliphatic carbocycles. The standard InChI is InChI=1S/C68H128O6/c1-4-7-10-13-16-19-22-25-27-28-29-30-31-32-33-34-35-36-37-38-39-40-41-44-46-49-52-55-58-61-67(70)73-64-65(63-72-66(69)60-57-54-51-48-45-42-24-21-18-15-12-9-6-3)74-68(71)62-59-56-53-50-47-43-26-23-20-17-14-11-8-5-2/h12,15,21,24,65H,4-11,13-14,16-20,22-23,25-64H2,1-3H3/b15-12-,24-21-. The summed E-state index contributed by atoms with van der Waals surface area (Å²) in [6, 6.07) is 0. The van der Waals surface area contributed by atoms with Crippen LogP contribution in [0.2, 0.25) is 0 Å². The van der Waals surface area contributed by atoms with Gasteiger partial charge in [-0.05, 0) is 44.9 Å². The highest BCUT2D eigenvalue weighted by Gasteiger charge is 2.19. The van der Waals surface area contributed by atoms with Gasteiger partial charge in [-0.25, -0.2) is 0 Å². The minimum Gasteiger partial charge on any atom is -0.462 e. The molecule has 1 unspecified atom stereocenters. The molecule has 0 aliphatic rings. The topological polar surface area (TPSA) is 78.9 Å². The largest absolute Gasteiger partial charge is 0.462 e. The highest BCUT2D eigenvalue weighted by atomic mass is 16.6. The lowest BCUT2D eigenvalue weighted by Crippen LogP contribution is -2.30. The molecule has 0 radical (unpaired) electrons. The van der Waals surface area contributed by atoms with Crippen LogP contribution >= 0.6 is 0 Å². The third-order valence-electron chi connectivity index (χ3n) is 15.2. The van der Waals surface area contributed by atoms with Gasteiger partial charge in [-0.2, -0.15) is 0 Å². The molecule has 0 saturated heterocycles. The third-order valence-corrected chi connectivity index (χ3v) is 15.2. The summed E-state index contributed by atoms with van der Waals surface area (Å²) in [5, 5.41) is 0. The van der Waals surface area contributed by atoms with Crippen molar-refractivity contribution in [1.82, 2.24) is 0 Å². The highest BCUT2D eigenvalue weighted by Crippen LogP contribution is 2.19. The molecule has 1 atom stereocenters. The summed E-state index contributed by atoms with van der Waals surface area (Å²) in [4.78, 5) is 38.2. The van der Waals surface area contributed by atoms with Crippen molar-refractivity contribution in [2.24, 2.45) is 0 Å². The zero-order chi connectivity index (χ0) is 53.6. The Morgan fingerprint density at radius 3 is 0.797 bits per heavy atom. The van der Waals surface area contributed by atoms with Gasteiger partial charge in [0.15, 0.2) is 6.10 Å². The zero-order valence-corrected chi connectivity index (χ0v) is 50.1. The number of rotatable bonds is 62. The fourth-order valence-electron chi connectivity index (χ4n) is 10.2. The van der Waals surface area contributed by atoms with Crippen molar-refractivity contribution < 1.29 is 28.6 Å². The van der Waals surface area contributed by atoms with E-state index < -0.39 is 6.10 Å². The van der Waals surface area contributed by atoms with Gasteiger partial charge in [0, 0.05) is 19.3 Å². The summed E-state index contributed by atoms with van der Waals surface area (Å²) < 4.78 is 16.9. The lowest BCUT2D eigenvalue weighted by Gasteiger charge is -2.18. The first-order valence-corrected chi connectivity index (χ1v) is 33.3. The molecule has 0 saturated carbocycles. The van der Waals surface area contributed by atoms with Crippen LogP contribution in [0.3, 0.4) is 0 Å². The van der Waals surface area contributed by atoms with Gasteiger partial charge in [0.05, 0.1) is 0 Å². The smallest absolute Gasteiger partial charge is 0.306 e. The monoisotopic (exact) mass is 1040 g/mol. The van der Waals surface area contributed by atoms with E-state index in [1.54, 1.807) is 0 Å². The van der Waals surface area contributed by atoms with Gasteiger partial charge in [-0.3, -0.25) is 14.4 Å². The van der Waals surface area contributed by atoms with E-state index in [2.05, 4.69) is 45.1 Å². The molecule has 436 valence electrons. The Kier molecular flexibility index (Phi) is 61.6. The fourth-order valence-corrected chi connectivity index (χ4v) is 10.2. The van der Waals surface area contributed by atoms with Gasteiger partial charge in [-0.1, -0.05) is 334 Å². The van der Waals surface area contributed by atoms with E-state index in [4.69, 9.17) is 14.2 Å². The summed E-state index contributed by atoms with van der Waals surface area (Å²) in [7, 11) is 0. The molecule has 0 aromatic heterocycles. The van der Waals surface area contributed by atoms with Crippen LogP contribution in [0.1, 0.15) is 374 Å². The van der Waals surface area contributed by atoms with Gasteiger partial charge in [0.25, 0.3) is 0 Å². The predicted octanol–water partition coefficient (Wildman–Crippen LogP) is 22.6. The molecule has 6 nitrogen and oxygen atoms in total. The van der Waals surface area contributed by atoms with E-state index in [0.29, 0.717) is 19.3 Å². The summed E-state index contributed by atoms with van der Waals surface area (Å²) in [6.45, 7) is 6.63. The van der Waals surface area contributed by atoms with Crippen LogP contribution in [0.5, 0.6) is 0 Å². The van der Waals surface area contributed by atoms with Crippen molar-refractivity contribution in [3.8, 4) is 0 Å². The number of esters is 3. The van der Waals surface area contributed by atoms with Crippen molar-refractivity contribution in [1.29, 1.82) is 0 Å². The summed E-state index contributed by atoms with van der Waals surface area (Å²) in [5.74, 6) is -0.858. The van der Waals surface area contributed by atoms with Crippen molar-refractivity contribution in [2.45, 2.75) is 380 Å². The van der Waals surface area contributed by atoms with Gasteiger partial charge < -0.3 is 14.2 Å². The van der Waals surface area contributed by atoms with Crippen LogP contribution in [0.25, 0.3) is 0 Å². The second-order valence-corrected chi connectivity index (χ2v) is 22.7. The number of unbranched alkanes of at least 4 members (excludes halogenated alkanes) is 47. The molecule has 0 amide bonds. The predicted molar refractivity (Wildman–Crippen MR) is 321 cm³/mol. The number of hydrogen-bond donors (Lipinski definition) is 0. The maximum absolute atomic E-state index is 12.9. The minimum absolute atomic E-state index is 0.0698. The van der Waals surface area contributed by atoms with Crippen LogP contribution in [0.4, 0.5) is 0 Å². The van der Waals surface area contributed by atoms with Gasteiger partial charge in [0.1, 0.15) is 13.2 Å². The summed E-state index contributed by atoms with van der Waals surface area (Å²) in [5.41, 5.74) is 0. The second-order valence-electron chi connectivity index (χ2n) is 22.7. The Bertz CT molecular complexity index is 1190. The van der Waals surface area contributed by atoms with Crippen LogP contribution in [-0.4, -0.2) is 37.2 Å². The number of carbonyl (C=O) groups excluding carboxylic acids is 3. The molecule has 74 heavy (non-hydrogen) atoms. The van der Waals surface area contributed by atoms with Crippen LogP contribution in [0.15, 0.2) is 24.3 Å². The first-order chi connectivity index (χ1) is 36.5. The minimum atomic E-state index is -0.772. The maximum atomic E-state index is 12.9. The number of hydrogen-bond acceptors (Lipinski definition) is 6. The van der Waals surface area contributed by atoms with Crippen molar-refractivity contribution in [3.63, 3.8) is 0 Å². The van der Waals surface area contributed by atoms with E-state index >= 15 is 0 Å². The fraction of sp³-hybridized carbons (Fsp3) is 0.897. The van der Waals surface area contributed by atoms with Gasteiger partial charge >= 0.3 is 17.9 Å². The molecule has 0 N–H and O–H groups in total. The number of allylic oxidation sites excluding steroid dienone is 4. The molecule has 0 rings (SSSR count). The number of carbonyl (C=O) groups is 3. The van der Waals surface area contributed by atoms with Crippen LogP contribution in [-0.2, 0) is 28.6 Å². The molecular formula is C68H128O6.